The van der Waals surface area contributed by atoms with Gasteiger partial charge in [-0.3, -0.25) is 9.59 Å². The minimum Gasteiger partial charge on any atom is -0.453 e. The number of esters is 1. The number of amides is 1. The van der Waals surface area contributed by atoms with Crippen LogP contribution in [0.5, 0.6) is 0 Å². The molecule has 2 N–H and O–H groups in total. The maximum atomic E-state index is 13.0. The molecule has 3 aromatic rings. The number of fused-ring (bicyclic) bond motifs is 1. The smallest absolute Gasteiger partial charge is 0.329 e. The van der Waals surface area contributed by atoms with Crippen LogP contribution in [0.1, 0.15) is 42.4 Å². The monoisotopic (exact) mass is 420 g/mol. The predicted octanol–water partition coefficient (Wildman–Crippen LogP) is 3.97. The standard InChI is InChI=1S/C25H28N2O4/c1-15(2)23(27-21(28)14-18-10-6-5-7-11-18)25(30)31-17(4)24(29)22-16(3)26-20-13-9-8-12-19(20)22/h5-13,15,17,23,26H,14H2,1-4H3,(H,27,28)/t17-,23-/m0/s1. The molecular weight excluding hydrogens is 392 g/mol. The molecule has 0 bridgehead atoms. The number of aromatic nitrogens is 1. The number of H-pyrrole nitrogens is 1. The Morgan fingerprint density at radius 3 is 2.29 bits per heavy atom. The van der Waals surface area contributed by atoms with Crippen LogP contribution in [0.2, 0.25) is 0 Å². The molecule has 0 saturated heterocycles. The van der Waals surface area contributed by atoms with Crippen molar-refractivity contribution in [2.45, 2.75) is 46.3 Å². The zero-order valence-electron chi connectivity index (χ0n) is 18.3. The van der Waals surface area contributed by atoms with E-state index in [9.17, 15) is 14.4 Å². The molecule has 0 unspecified atom stereocenters. The fourth-order valence-electron chi connectivity index (χ4n) is 3.60. The lowest BCUT2D eigenvalue weighted by Crippen LogP contribution is -2.47. The van der Waals surface area contributed by atoms with Crippen molar-refractivity contribution in [3.63, 3.8) is 0 Å². The lowest BCUT2D eigenvalue weighted by Gasteiger charge is -2.23. The van der Waals surface area contributed by atoms with Crippen LogP contribution in [-0.2, 0) is 20.7 Å². The lowest BCUT2D eigenvalue weighted by molar-refractivity contribution is -0.151. The zero-order valence-corrected chi connectivity index (χ0v) is 18.3. The second-order valence-corrected chi connectivity index (χ2v) is 8.07. The number of rotatable bonds is 8. The first-order chi connectivity index (χ1) is 14.8. The molecule has 0 aliphatic rings. The van der Waals surface area contributed by atoms with E-state index in [1.54, 1.807) is 6.92 Å². The topological polar surface area (TPSA) is 88.3 Å². The number of benzene rings is 2. The molecule has 6 nitrogen and oxygen atoms in total. The van der Waals surface area contributed by atoms with Crippen LogP contribution in [0.4, 0.5) is 0 Å². The fraction of sp³-hybridized carbons (Fsp3) is 0.320. The lowest BCUT2D eigenvalue weighted by atomic mass is 10.0. The van der Waals surface area contributed by atoms with Crippen molar-refractivity contribution < 1.29 is 19.1 Å². The van der Waals surface area contributed by atoms with Crippen molar-refractivity contribution in [1.29, 1.82) is 0 Å². The number of ketones is 1. The number of hydrogen-bond acceptors (Lipinski definition) is 4. The SMILES string of the molecule is Cc1[nH]c2ccccc2c1C(=O)[C@H](C)OC(=O)[C@@H](NC(=O)Cc1ccccc1)C(C)C. The predicted molar refractivity (Wildman–Crippen MR) is 120 cm³/mol. The summed E-state index contributed by atoms with van der Waals surface area (Å²) in [5.74, 6) is -1.35. The summed E-state index contributed by atoms with van der Waals surface area (Å²) in [7, 11) is 0. The third-order valence-electron chi connectivity index (χ3n) is 5.25. The minimum atomic E-state index is -0.974. The summed E-state index contributed by atoms with van der Waals surface area (Å²) in [6.07, 6.45) is -0.807. The van der Waals surface area contributed by atoms with Crippen molar-refractivity contribution in [1.82, 2.24) is 10.3 Å². The summed E-state index contributed by atoms with van der Waals surface area (Å²) in [5, 5.41) is 3.55. The van der Waals surface area contributed by atoms with Crippen molar-refractivity contribution in [3.05, 3.63) is 71.4 Å². The Hall–Kier alpha value is -3.41. The Labute approximate surface area is 182 Å². The molecule has 0 fully saturated rings. The summed E-state index contributed by atoms with van der Waals surface area (Å²) >= 11 is 0. The van der Waals surface area contributed by atoms with Crippen molar-refractivity contribution >= 4 is 28.6 Å². The second kappa shape index (κ2) is 9.60. The molecule has 1 heterocycles. The second-order valence-electron chi connectivity index (χ2n) is 8.07. The normalized spacial score (nSPS) is 13.1. The van der Waals surface area contributed by atoms with E-state index >= 15 is 0 Å². The molecule has 0 spiro atoms. The molecule has 1 aromatic heterocycles. The molecule has 0 saturated carbocycles. The molecular formula is C25H28N2O4. The maximum absolute atomic E-state index is 13.0. The summed E-state index contributed by atoms with van der Waals surface area (Å²) in [4.78, 5) is 41.5. The van der Waals surface area contributed by atoms with Gasteiger partial charge in [0.25, 0.3) is 0 Å². The van der Waals surface area contributed by atoms with Crippen LogP contribution in [0.3, 0.4) is 0 Å². The molecule has 3 rings (SSSR count). The zero-order chi connectivity index (χ0) is 22.5. The van der Waals surface area contributed by atoms with Gasteiger partial charge in [0, 0.05) is 22.2 Å². The first kappa shape index (κ1) is 22.3. The maximum Gasteiger partial charge on any atom is 0.329 e. The average Bonchev–Trinajstić information content (AvgIpc) is 3.07. The van der Waals surface area contributed by atoms with Crippen molar-refractivity contribution in [2.75, 3.05) is 0 Å². The van der Waals surface area contributed by atoms with Gasteiger partial charge in [0.2, 0.25) is 11.7 Å². The number of aromatic amines is 1. The number of ether oxygens (including phenoxy) is 1. The van der Waals surface area contributed by atoms with Crippen LogP contribution in [-0.4, -0.2) is 34.8 Å². The van der Waals surface area contributed by atoms with E-state index in [1.165, 1.54) is 0 Å². The highest BCUT2D eigenvalue weighted by molar-refractivity contribution is 6.11. The van der Waals surface area contributed by atoms with Gasteiger partial charge in [-0.1, -0.05) is 62.4 Å². The van der Waals surface area contributed by atoms with E-state index in [-0.39, 0.29) is 24.0 Å². The van der Waals surface area contributed by atoms with Gasteiger partial charge in [-0.2, -0.15) is 0 Å². The van der Waals surface area contributed by atoms with Gasteiger partial charge < -0.3 is 15.0 Å². The van der Waals surface area contributed by atoms with Gasteiger partial charge in [0.15, 0.2) is 6.10 Å². The highest BCUT2D eigenvalue weighted by atomic mass is 16.5. The van der Waals surface area contributed by atoms with Crippen molar-refractivity contribution in [2.24, 2.45) is 5.92 Å². The fourth-order valence-corrected chi connectivity index (χ4v) is 3.60. The number of Topliss-reactive ketones (excluding diaryl/α,β-unsaturated/α-hetero) is 1. The van der Waals surface area contributed by atoms with Gasteiger partial charge >= 0.3 is 5.97 Å². The molecule has 6 heteroatoms. The molecule has 2 atom stereocenters. The third kappa shape index (κ3) is 5.20. The molecule has 0 radical (unpaired) electrons. The van der Waals surface area contributed by atoms with E-state index in [1.807, 2.05) is 75.4 Å². The van der Waals surface area contributed by atoms with Gasteiger partial charge in [-0.25, -0.2) is 4.79 Å². The highest BCUT2D eigenvalue weighted by Gasteiger charge is 2.30. The van der Waals surface area contributed by atoms with Crippen LogP contribution < -0.4 is 5.32 Å². The van der Waals surface area contributed by atoms with E-state index in [2.05, 4.69) is 10.3 Å². The number of aryl methyl sites for hydroxylation is 1. The van der Waals surface area contributed by atoms with E-state index in [4.69, 9.17) is 4.74 Å². The first-order valence-electron chi connectivity index (χ1n) is 10.4. The summed E-state index contributed by atoms with van der Waals surface area (Å²) in [6, 6.07) is 16.0. The Kier molecular flexibility index (Phi) is 6.90. The largest absolute Gasteiger partial charge is 0.453 e. The summed E-state index contributed by atoms with van der Waals surface area (Å²) in [5.41, 5.74) is 2.96. The van der Waals surface area contributed by atoms with Gasteiger partial charge in [-0.15, -0.1) is 0 Å². The molecule has 1 amide bonds. The first-order valence-corrected chi connectivity index (χ1v) is 10.4. The molecule has 2 aromatic carbocycles. The number of hydrogen-bond donors (Lipinski definition) is 2. The Morgan fingerprint density at radius 2 is 1.61 bits per heavy atom. The quantitative estimate of drug-likeness (QED) is 0.426. The molecule has 0 aliphatic heterocycles. The molecule has 0 aliphatic carbocycles. The third-order valence-corrected chi connectivity index (χ3v) is 5.25. The summed E-state index contributed by atoms with van der Waals surface area (Å²) < 4.78 is 5.50. The summed E-state index contributed by atoms with van der Waals surface area (Å²) in [6.45, 7) is 7.03. The number of carbonyl (C=O) groups excluding carboxylic acids is 3. The molecule has 162 valence electrons. The van der Waals surface area contributed by atoms with E-state index < -0.39 is 18.1 Å². The highest BCUT2D eigenvalue weighted by Crippen LogP contribution is 2.24. The van der Waals surface area contributed by atoms with Crippen molar-refractivity contribution in [3.8, 4) is 0 Å². The van der Waals surface area contributed by atoms with Gasteiger partial charge in [0.05, 0.1) is 6.42 Å². The van der Waals surface area contributed by atoms with Crippen LogP contribution in [0.15, 0.2) is 54.6 Å². The minimum absolute atomic E-state index is 0.167. The molecule has 31 heavy (non-hydrogen) atoms. The average molecular weight is 421 g/mol. The van der Waals surface area contributed by atoms with E-state index in [0.717, 1.165) is 22.2 Å². The van der Waals surface area contributed by atoms with Gasteiger partial charge in [-0.05, 0) is 31.4 Å². The Morgan fingerprint density at radius 1 is 0.968 bits per heavy atom. The Bertz CT molecular complexity index is 1090. The Balaban J connectivity index is 1.69. The number of nitrogens with one attached hydrogen (secondary N) is 2. The van der Waals surface area contributed by atoms with Gasteiger partial charge in [0.1, 0.15) is 6.04 Å². The van der Waals surface area contributed by atoms with Crippen LogP contribution >= 0.6 is 0 Å². The number of para-hydroxylation sites is 1. The van der Waals surface area contributed by atoms with Crippen LogP contribution in [0.25, 0.3) is 10.9 Å². The van der Waals surface area contributed by atoms with Crippen LogP contribution in [0, 0.1) is 12.8 Å². The number of carbonyl (C=O) groups is 3. The van der Waals surface area contributed by atoms with E-state index in [0.29, 0.717) is 5.56 Å².